The Morgan fingerprint density at radius 1 is 1.06 bits per heavy atom. The summed E-state index contributed by atoms with van der Waals surface area (Å²) in [5.74, 6) is 0.485. The normalized spacial score (nSPS) is 20.2. The van der Waals surface area contributed by atoms with Gasteiger partial charge in [0.25, 0.3) is 0 Å². The van der Waals surface area contributed by atoms with Gasteiger partial charge >= 0.3 is 0 Å². The molecule has 6 rings (SSSR count). The highest BCUT2D eigenvalue weighted by Crippen LogP contribution is 2.38. The first kappa shape index (κ1) is 22.9. The second-order valence-corrected chi connectivity index (χ2v) is 9.80. The fourth-order valence-electron chi connectivity index (χ4n) is 5.17. The lowest BCUT2D eigenvalue weighted by atomic mass is 9.98. The Morgan fingerprint density at radius 2 is 1.83 bits per heavy atom. The van der Waals surface area contributed by atoms with Crippen molar-refractivity contribution in [2.45, 2.75) is 31.8 Å². The van der Waals surface area contributed by atoms with Gasteiger partial charge in [-0.25, -0.2) is 14.4 Å². The summed E-state index contributed by atoms with van der Waals surface area (Å²) >= 11 is 0. The maximum absolute atomic E-state index is 14.8. The van der Waals surface area contributed by atoms with Crippen LogP contribution in [-0.4, -0.2) is 62.8 Å². The molecule has 9 heteroatoms. The Hall–Kier alpha value is -3.56. The molecule has 1 aromatic carbocycles. The minimum absolute atomic E-state index is 0.319. The molecule has 186 valence electrons. The highest BCUT2D eigenvalue weighted by atomic mass is 19.1. The number of anilines is 3. The summed E-state index contributed by atoms with van der Waals surface area (Å²) in [6.07, 6.45) is 4.89. The molecular weight excluding hydrogens is 457 g/mol. The number of fused-ring (bicyclic) bond motifs is 2. The lowest BCUT2D eigenvalue weighted by molar-refractivity contribution is 0.0306. The molecule has 0 radical (unpaired) electrons. The molecule has 2 aliphatic rings. The number of piperazine rings is 1. The van der Waals surface area contributed by atoms with Crippen molar-refractivity contribution < 1.29 is 9.50 Å². The lowest BCUT2D eigenvalue weighted by Crippen LogP contribution is -2.44. The van der Waals surface area contributed by atoms with Crippen LogP contribution < -0.4 is 10.2 Å². The monoisotopic (exact) mass is 487 g/mol. The van der Waals surface area contributed by atoms with Crippen molar-refractivity contribution in [1.82, 2.24) is 24.4 Å². The van der Waals surface area contributed by atoms with Crippen molar-refractivity contribution >= 4 is 28.4 Å². The van der Waals surface area contributed by atoms with Crippen LogP contribution in [0.5, 0.6) is 0 Å². The van der Waals surface area contributed by atoms with Gasteiger partial charge in [-0.05, 0) is 62.2 Å². The molecule has 1 aliphatic carbocycles. The van der Waals surface area contributed by atoms with E-state index >= 15 is 0 Å². The van der Waals surface area contributed by atoms with Crippen LogP contribution in [0.4, 0.5) is 21.7 Å². The Morgan fingerprint density at radius 3 is 2.58 bits per heavy atom. The van der Waals surface area contributed by atoms with Crippen molar-refractivity contribution in [2.75, 3.05) is 43.4 Å². The molecule has 2 N–H and O–H groups in total. The van der Waals surface area contributed by atoms with Gasteiger partial charge in [0.2, 0.25) is 5.95 Å². The van der Waals surface area contributed by atoms with Gasteiger partial charge in [0.15, 0.2) is 11.5 Å². The van der Waals surface area contributed by atoms with E-state index in [1.807, 2.05) is 31.2 Å². The van der Waals surface area contributed by atoms with Crippen LogP contribution in [0.15, 0.2) is 48.8 Å². The van der Waals surface area contributed by atoms with Crippen LogP contribution in [-0.2, 0) is 12.0 Å². The number of hydrogen-bond donors (Lipinski definition) is 2. The van der Waals surface area contributed by atoms with Crippen LogP contribution in [0, 0.1) is 5.82 Å². The van der Waals surface area contributed by atoms with Crippen LogP contribution in [0.2, 0.25) is 0 Å². The molecule has 0 bridgehead atoms. The smallest absolute Gasteiger partial charge is 0.229 e. The fourth-order valence-corrected chi connectivity index (χ4v) is 5.17. The third-order valence-corrected chi connectivity index (χ3v) is 7.53. The van der Waals surface area contributed by atoms with Crippen LogP contribution in [0.1, 0.15) is 31.0 Å². The summed E-state index contributed by atoms with van der Waals surface area (Å²) in [6, 6.07) is 12.0. The number of likely N-dealkylation sites (N-methyl/N-ethyl adjacent to an activating group) is 1. The quantitative estimate of drug-likeness (QED) is 0.440. The highest BCUT2D eigenvalue weighted by Gasteiger charge is 2.37. The average Bonchev–Trinajstić information content (AvgIpc) is 3.41. The van der Waals surface area contributed by atoms with Crippen LogP contribution in [0.3, 0.4) is 0 Å². The van der Waals surface area contributed by atoms with Gasteiger partial charge in [-0.1, -0.05) is 13.0 Å². The van der Waals surface area contributed by atoms with Gasteiger partial charge in [0.1, 0.15) is 11.4 Å². The first-order chi connectivity index (χ1) is 17.4. The van der Waals surface area contributed by atoms with Gasteiger partial charge in [-0.15, -0.1) is 0 Å². The number of halogens is 1. The topological polar surface area (TPSA) is 82.3 Å². The van der Waals surface area contributed by atoms with E-state index in [9.17, 15) is 9.50 Å². The Kier molecular flexibility index (Phi) is 5.61. The minimum Gasteiger partial charge on any atom is -0.384 e. The fraction of sp³-hybridized carbons (Fsp3) is 0.370. The summed E-state index contributed by atoms with van der Waals surface area (Å²) in [5.41, 5.74) is 3.24. The molecule has 36 heavy (non-hydrogen) atoms. The van der Waals surface area contributed by atoms with Gasteiger partial charge in [-0.3, -0.25) is 4.57 Å². The largest absolute Gasteiger partial charge is 0.384 e. The number of pyridine rings is 1. The van der Waals surface area contributed by atoms with Crippen molar-refractivity contribution in [3.8, 4) is 5.82 Å². The number of rotatable bonds is 5. The zero-order valence-electron chi connectivity index (χ0n) is 20.6. The first-order valence-corrected chi connectivity index (χ1v) is 12.5. The van der Waals surface area contributed by atoms with Crippen molar-refractivity contribution in [3.63, 3.8) is 0 Å². The predicted octanol–water partition coefficient (Wildman–Crippen LogP) is 3.99. The van der Waals surface area contributed by atoms with E-state index < -0.39 is 11.4 Å². The third-order valence-electron chi connectivity index (χ3n) is 7.53. The molecule has 1 saturated heterocycles. The zero-order chi connectivity index (χ0) is 24.9. The summed E-state index contributed by atoms with van der Waals surface area (Å²) in [7, 11) is 2.15. The molecule has 8 nitrogen and oxygen atoms in total. The number of hydrogen-bond acceptors (Lipinski definition) is 7. The molecule has 3 aromatic heterocycles. The predicted molar refractivity (Wildman–Crippen MR) is 139 cm³/mol. The Balaban J connectivity index is 1.28. The molecule has 4 aromatic rings. The maximum Gasteiger partial charge on any atom is 0.229 e. The van der Waals surface area contributed by atoms with Gasteiger partial charge in [-0.2, -0.15) is 4.98 Å². The average molecular weight is 488 g/mol. The summed E-state index contributed by atoms with van der Waals surface area (Å²) in [6.45, 7) is 6.09. The maximum atomic E-state index is 14.8. The van der Waals surface area contributed by atoms with E-state index in [0.717, 1.165) is 43.9 Å². The highest BCUT2D eigenvalue weighted by molar-refractivity contribution is 5.79. The molecule has 1 atom stereocenters. The van der Waals surface area contributed by atoms with E-state index in [4.69, 9.17) is 4.98 Å². The van der Waals surface area contributed by atoms with Gasteiger partial charge < -0.3 is 20.2 Å². The van der Waals surface area contributed by atoms with Gasteiger partial charge in [0, 0.05) is 49.9 Å². The molecule has 4 heterocycles. The van der Waals surface area contributed by atoms with E-state index in [0.29, 0.717) is 41.3 Å². The zero-order valence-corrected chi connectivity index (χ0v) is 20.6. The first-order valence-electron chi connectivity index (χ1n) is 12.5. The lowest BCUT2D eigenvalue weighted by Gasteiger charge is -2.34. The minimum atomic E-state index is -0.940. The van der Waals surface area contributed by atoms with Crippen molar-refractivity contribution in [3.05, 3.63) is 65.9 Å². The molecule has 1 aliphatic heterocycles. The SMILES string of the molecule is CC[C@@]1(O)CCc2ccc(-n3cc(F)c4cnc(Nc5ccc(N6CCN(C)CC6)cc5)nc43)nc21. The molecule has 0 amide bonds. The molecule has 1 fully saturated rings. The summed E-state index contributed by atoms with van der Waals surface area (Å²) in [4.78, 5) is 18.4. The van der Waals surface area contributed by atoms with Crippen LogP contribution in [0.25, 0.3) is 16.9 Å². The number of aromatic nitrogens is 4. The molecule has 0 spiro atoms. The molecule has 0 saturated carbocycles. The second kappa shape index (κ2) is 8.83. The van der Waals surface area contributed by atoms with Crippen molar-refractivity contribution in [2.24, 2.45) is 0 Å². The van der Waals surface area contributed by atoms with E-state index in [2.05, 4.69) is 44.3 Å². The van der Waals surface area contributed by atoms with Gasteiger partial charge in [0.05, 0.1) is 11.1 Å². The Bertz CT molecular complexity index is 1410. The van der Waals surface area contributed by atoms with Crippen molar-refractivity contribution in [1.29, 1.82) is 0 Å². The number of nitrogens with one attached hydrogen (secondary N) is 1. The third kappa shape index (κ3) is 3.98. The standard InChI is InChI=1S/C27H30FN7O/c1-3-27(36)11-10-18-4-9-23(31-24(18)27)35-17-22(28)21-16-29-26(32-25(21)35)30-19-5-7-20(8-6-19)34-14-12-33(2)13-15-34/h4-9,16-17,36H,3,10-15H2,1-2H3,(H,29,30,32)/t27-/m1/s1. The summed E-state index contributed by atoms with van der Waals surface area (Å²) < 4.78 is 16.4. The van der Waals surface area contributed by atoms with E-state index in [-0.39, 0.29) is 0 Å². The van der Waals surface area contributed by atoms with Crippen LogP contribution >= 0.6 is 0 Å². The number of aryl methyl sites for hydroxylation is 1. The number of aliphatic hydroxyl groups is 1. The molecular formula is C27H30FN7O. The second-order valence-electron chi connectivity index (χ2n) is 9.80. The number of nitrogens with zero attached hydrogens (tertiary/aromatic N) is 6. The Labute approximate surface area is 209 Å². The van der Waals surface area contributed by atoms with E-state index in [1.54, 1.807) is 4.57 Å². The summed E-state index contributed by atoms with van der Waals surface area (Å²) in [5, 5.41) is 14.5. The molecule has 0 unspecified atom stereocenters. The number of benzene rings is 1. The van der Waals surface area contributed by atoms with E-state index in [1.165, 1.54) is 18.1 Å².